The van der Waals surface area contributed by atoms with Gasteiger partial charge in [0.2, 0.25) is 0 Å². The Labute approximate surface area is 150 Å². The largest absolute Gasteiger partial charge is 0.379 e. The molecule has 0 atom stereocenters. The summed E-state index contributed by atoms with van der Waals surface area (Å²) in [4.78, 5) is 23.3. The van der Waals surface area contributed by atoms with Crippen LogP contribution in [0.25, 0.3) is 22.3 Å². The highest BCUT2D eigenvalue weighted by Gasteiger charge is 2.15. The normalized spacial score (nSPS) is 15.4. The predicted octanol–water partition coefficient (Wildman–Crippen LogP) is 0.869. The molecule has 0 aliphatic carbocycles. The van der Waals surface area contributed by atoms with Crippen molar-refractivity contribution in [3.8, 4) is 11.5 Å². The summed E-state index contributed by atoms with van der Waals surface area (Å²) in [5, 5.41) is 9.91. The van der Waals surface area contributed by atoms with Crippen LogP contribution in [-0.4, -0.2) is 68.3 Å². The van der Waals surface area contributed by atoms with Crippen LogP contribution in [0.1, 0.15) is 5.69 Å². The summed E-state index contributed by atoms with van der Waals surface area (Å²) in [5.41, 5.74) is 1.51. The molecule has 4 heterocycles. The smallest absolute Gasteiger partial charge is 0.182 e. The molecule has 3 aromatic heterocycles. The van der Waals surface area contributed by atoms with Gasteiger partial charge in [-0.2, -0.15) is 0 Å². The molecule has 134 valence electrons. The number of carbonyl (C=O) groups is 1. The molecule has 0 saturated carbocycles. The summed E-state index contributed by atoms with van der Waals surface area (Å²) >= 11 is 0. The van der Waals surface area contributed by atoms with E-state index in [1.165, 1.54) is 0 Å². The van der Waals surface area contributed by atoms with Crippen LogP contribution in [0.3, 0.4) is 0 Å². The minimum atomic E-state index is 0.168. The third kappa shape index (κ3) is 3.61. The number of aromatic nitrogens is 5. The molecule has 0 aromatic carbocycles. The Bertz CT molecular complexity index is 932. The van der Waals surface area contributed by atoms with E-state index in [-0.39, 0.29) is 5.78 Å². The van der Waals surface area contributed by atoms with Crippen LogP contribution in [0.4, 0.5) is 0 Å². The SMILES string of the molecule is Cn1cnnc1-c1cc2cc(CC(=O)CN3CCOCC3)ncc2cn1. The molecule has 0 spiro atoms. The number of nitrogens with zero attached hydrogens (tertiary/aromatic N) is 6. The Hall–Kier alpha value is -2.71. The fourth-order valence-electron chi connectivity index (χ4n) is 3.08. The zero-order valence-corrected chi connectivity index (χ0v) is 14.6. The molecule has 1 fully saturated rings. The van der Waals surface area contributed by atoms with Crippen molar-refractivity contribution in [2.24, 2.45) is 7.05 Å². The number of ketones is 1. The van der Waals surface area contributed by atoms with Crippen LogP contribution >= 0.6 is 0 Å². The van der Waals surface area contributed by atoms with Gasteiger partial charge >= 0.3 is 0 Å². The van der Waals surface area contributed by atoms with Crippen molar-refractivity contribution in [3.63, 3.8) is 0 Å². The van der Waals surface area contributed by atoms with Crippen molar-refractivity contribution in [1.82, 2.24) is 29.6 Å². The molecule has 0 bridgehead atoms. The van der Waals surface area contributed by atoms with Gasteiger partial charge in [-0.3, -0.25) is 19.7 Å². The minimum Gasteiger partial charge on any atom is -0.379 e. The van der Waals surface area contributed by atoms with Crippen LogP contribution in [-0.2, 0) is 23.0 Å². The van der Waals surface area contributed by atoms with E-state index in [0.717, 1.165) is 35.2 Å². The number of aryl methyl sites for hydroxylation is 1. The molecular weight excluding hydrogens is 332 g/mol. The lowest BCUT2D eigenvalue weighted by atomic mass is 10.1. The number of hydrogen-bond donors (Lipinski definition) is 0. The number of ether oxygens (including phenoxy) is 1. The first-order valence-electron chi connectivity index (χ1n) is 8.60. The van der Waals surface area contributed by atoms with E-state index >= 15 is 0 Å². The molecule has 0 unspecified atom stereocenters. The first kappa shape index (κ1) is 16.7. The average Bonchev–Trinajstić information content (AvgIpc) is 3.08. The van der Waals surface area contributed by atoms with Gasteiger partial charge in [-0.25, -0.2) is 0 Å². The first-order valence-corrected chi connectivity index (χ1v) is 8.60. The van der Waals surface area contributed by atoms with Gasteiger partial charge in [0.1, 0.15) is 12.0 Å². The Kier molecular flexibility index (Phi) is 4.68. The zero-order valence-electron chi connectivity index (χ0n) is 14.6. The Balaban J connectivity index is 1.52. The third-order valence-electron chi connectivity index (χ3n) is 4.48. The van der Waals surface area contributed by atoms with Crippen molar-refractivity contribution in [3.05, 3.63) is 36.5 Å². The van der Waals surface area contributed by atoms with Crippen LogP contribution in [0, 0.1) is 0 Å². The summed E-state index contributed by atoms with van der Waals surface area (Å²) < 4.78 is 7.14. The average molecular weight is 352 g/mol. The van der Waals surface area contributed by atoms with Crippen LogP contribution < -0.4 is 0 Å². The van der Waals surface area contributed by atoms with Crippen molar-refractivity contribution in [1.29, 1.82) is 0 Å². The van der Waals surface area contributed by atoms with Gasteiger partial charge in [0.15, 0.2) is 11.6 Å². The van der Waals surface area contributed by atoms with Gasteiger partial charge in [-0.15, -0.1) is 10.2 Å². The molecule has 1 saturated heterocycles. The second-order valence-electron chi connectivity index (χ2n) is 6.46. The number of morpholine rings is 1. The molecule has 0 N–H and O–H groups in total. The molecule has 1 aliphatic rings. The molecule has 3 aromatic rings. The Morgan fingerprint density at radius 3 is 2.73 bits per heavy atom. The third-order valence-corrected chi connectivity index (χ3v) is 4.48. The summed E-state index contributed by atoms with van der Waals surface area (Å²) in [6.07, 6.45) is 5.50. The van der Waals surface area contributed by atoms with Crippen LogP contribution in [0.2, 0.25) is 0 Å². The highest BCUT2D eigenvalue weighted by Crippen LogP contribution is 2.20. The lowest BCUT2D eigenvalue weighted by Crippen LogP contribution is -2.39. The van der Waals surface area contributed by atoms with Gasteiger partial charge in [0, 0.05) is 43.6 Å². The summed E-state index contributed by atoms with van der Waals surface area (Å²) in [5.74, 6) is 0.870. The Morgan fingerprint density at radius 2 is 1.96 bits per heavy atom. The van der Waals surface area contributed by atoms with Gasteiger partial charge in [0.05, 0.1) is 26.2 Å². The molecule has 0 radical (unpaired) electrons. The van der Waals surface area contributed by atoms with E-state index in [1.54, 1.807) is 18.7 Å². The number of Topliss-reactive ketones (excluding diaryl/α,β-unsaturated/α-hetero) is 1. The van der Waals surface area contributed by atoms with Crippen molar-refractivity contribution < 1.29 is 9.53 Å². The van der Waals surface area contributed by atoms with Crippen LogP contribution in [0.15, 0.2) is 30.9 Å². The molecule has 4 rings (SSSR count). The van der Waals surface area contributed by atoms with Gasteiger partial charge in [-0.1, -0.05) is 0 Å². The second kappa shape index (κ2) is 7.27. The minimum absolute atomic E-state index is 0.168. The quantitative estimate of drug-likeness (QED) is 0.673. The van der Waals surface area contributed by atoms with E-state index in [4.69, 9.17) is 4.74 Å². The first-order chi connectivity index (χ1) is 12.7. The maximum atomic E-state index is 12.4. The summed E-state index contributed by atoms with van der Waals surface area (Å²) in [6.45, 7) is 3.45. The summed E-state index contributed by atoms with van der Waals surface area (Å²) in [7, 11) is 1.88. The number of hydrogen-bond acceptors (Lipinski definition) is 7. The van der Waals surface area contributed by atoms with Crippen molar-refractivity contribution in [2.45, 2.75) is 6.42 Å². The fourth-order valence-corrected chi connectivity index (χ4v) is 3.08. The molecule has 8 heteroatoms. The zero-order chi connectivity index (χ0) is 17.9. The van der Waals surface area contributed by atoms with Crippen LogP contribution in [0.5, 0.6) is 0 Å². The highest BCUT2D eigenvalue weighted by atomic mass is 16.5. The standard InChI is InChI=1S/C18H20N6O2/c1-23-12-21-22-18(23)17-7-13-6-15(19-9-14(13)10-20-17)8-16(25)11-24-2-4-26-5-3-24/h6-7,9-10,12H,2-5,8,11H2,1H3. The molecular formula is C18H20N6O2. The Morgan fingerprint density at radius 1 is 1.15 bits per heavy atom. The molecule has 26 heavy (non-hydrogen) atoms. The fraction of sp³-hybridized carbons (Fsp3) is 0.389. The van der Waals surface area contributed by atoms with E-state index in [9.17, 15) is 4.79 Å². The summed E-state index contributed by atoms with van der Waals surface area (Å²) in [6, 6.07) is 3.91. The number of rotatable bonds is 5. The lowest BCUT2D eigenvalue weighted by molar-refractivity contribution is -0.120. The number of carbonyl (C=O) groups excluding carboxylic acids is 1. The molecule has 0 amide bonds. The predicted molar refractivity (Wildman–Crippen MR) is 95.5 cm³/mol. The molecule has 1 aliphatic heterocycles. The van der Waals surface area contributed by atoms with E-state index in [0.29, 0.717) is 32.0 Å². The van der Waals surface area contributed by atoms with Gasteiger partial charge in [0.25, 0.3) is 0 Å². The van der Waals surface area contributed by atoms with E-state index in [1.807, 2.05) is 23.7 Å². The van der Waals surface area contributed by atoms with Crippen molar-refractivity contribution in [2.75, 3.05) is 32.8 Å². The molecule has 8 nitrogen and oxygen atoms in total. The maximum absolute atomic E-state index is 12.4. The van der Waals surface area contributed by atoms with Crippen molar-refractivity contribution >= 4 is 16.6 Å². The highest BCUT2D eigenvalue weighted by molar-refractivity contribution is 5.86. The maximum Gasteiger partial charge on any atom is 0.182 e. The lowest BCUT2D eigenvalue weighted by Gasteiger charge is -2.25. The second-order valence-corrected chi connectivity index (χ2v) is 6.46. The van der Waals surface area contributed by atoms with Gasteiger partial charge in [-0.05, 0) is 17.5 Å². The monoisotopic (exact) mass is 352 g/mol. The van der Waals surface area contributed by atoms with Gasteiger partial charge < -0.3 is 9.30 Å². The number of pyridine rings is 2. The van der Waals surface area contributed by atoms with E-state index < -0.39 is 0 Å². The van der Waals surface area contributed by atoms with E-state index in [2.05, 4.69) is 25.1 Å². The topological polar surface area (TPSA) is 86.0 Å². The number of fused-ring (bicyclic) bond motifs is 1.